The van der Waals surface area contributed by atoms with Crippen LogP contribution in [0.4, 0.5) is 4.39 Å². The smallest absolute Gasteiger partial charge is 0.236 e. The molecule has 1 saturated heterocycles. The fourth-order valence-electron chi connectivity index (χ4n) is 2.65. The summed E-state index contributed by atoms with van der Waals surface area (Å²) in [5.74, 6) is -0.829. The average molecular weight is 337 g/mol. The number of benzene rings is 1. The topological polar surface area (TPSA) is 75.9 Å². The Labute approximate surface area is 141 Å². The summed E-state index contributed by atoms with van der Waals surface area (Å²) in [5.41, 5.74) is 6.08. The maximum atomic E-state index is 13.0. The van der Waals surface area contributed by atoms with Crippen molar-refractivity contribution in [3.05, 3.63) is 35.6 Å². The third-order valence-electron chi connectivity index (χ3n) is 4.09. The van der Waals surface area contributed by atoms with Gasteiger partial charge in [-0.25, -0.2) is 4.39 Å². The largest absolute Gasteiger partial charge is 0.370 e. The lowest BCUT2D eigenvalue weighted by Crippen LogP contribution is -2.49. The van der Waals surface area contributed by atoms with Gasteiger partial charge in [-0.1, -0.05) is 12.1 Å². The number of nitrogens with zero attached hydrogens (tertiary/aromatic N) is 2. The predicted molar refractivity (Wildman–Crippen MR) is 87.6 cm³/mol. The number of rotatable bonds is 6. The molecule has 7 heteroatoms. The molecule has 1 aliphatic rings. The fourth-order valence-corrected chi connectivity index (χ4v) is 2.65. The van der Waals surface area contributed by atoms with Gasteiger partial charge in [0, 0.05) is 12.6 Å². The molecular formula is C17H24FN3O3. The molecule has 1 aliphatic heterocycles. The second kappa shape index (κ2) is 8.21. The summed E-state index contributed by atoms with van der Waals surface area (Å²) in [4.78, 5) is 27.1. The second-order valence-corrected chi connectivity index (χ2v) is 6.22. The SMILES string of the molecule is CC(C)N(CC(N)=O)CC(=O)N1CCOC(c2ccc(F)cc2)C1. The van der Waals surface area contributed by atoms with Crippen molar-refractivity contribution in [3.63, 3.8) is 0 Å². The van der Waals surface area contributed by atoms with Crippen LogP contribution in [0.1, 0.15) is 25.5 Å². The van der Waals surface area contributed by atoms with Gasteiger partial charge in [-0.2, -0.15) is 0 Å². The van der Waals surface area contributed by atoms with Crippen molar-refractivity contribution in [2.24, 2.45) is 5.73 Å². The monoisotopic (exact) mass is 337 g/mol. The summed E-state index contributed by atoms with van der Waals surface area (Å²) in [7, 11) is 0. The van der Waals surface area contributed by atoms with E-state index < -0.39 is 5.91 Å². The molecule has 0 spiro atoms. The van der Waals surface area contributed by atoms with Crippen LogP contribution < -0.4 is 5.73 Å². The Hall–Kier alpha value is -1.99. The number of amides is 2. The first-order valence-electron chi connectivity index (χ1n) is 8.04. The molecular weight excluding hydrogens is 313 g/mol. The van der Waals surface area contributed by atoms with Gasteiger partial charge in [0.2, 0.25) is 11.8 Å². The highest BCUT2D eigenvalue weighted by Crippen LogP contribution is 2.22. The maximum absolute atomic E-state index is 13.0. The van der Waals surface area contributed by atoms with Crippen LogP contribution in [-0.4, -0.2) is 60.4 Å². The Morgan fingerprint density at radius 2 is 2.00 bits per heavy atom. The first-order chi connectivity index (χ1) is 11.4. The van der Waals surface area contributed by atoms with Crippen LogP contribution in [-0.2, 0) is 14.3 Å². The number of primary amides is 1. The van der Waals surface area contributed by atoms with Crippen molar-refractivity contribution in [1.82, 2.24) is 9.80 Å². The molecule has 1 atom stereocenters. The van der Waals surface area contributed by atoms with Crippen LogP contribution in [0.25, 0.3) is 0 Å². The van der Waals surface area contributed by atoms with Crippen LogP contribution in [0.15, 0.2) is 24.3 Å². The van der Waals surface area contributed by atoms with Crippen LogP contribution in [0.5, 0.6) is 0 Å². The molecule has 24 heavy (non-hydrogen) atoms. The minimum absolute atomic E-state index is 0.0374. The Morgan fingerprint density at radius 3 is 2.58 bits per heavy atom. The van der Waals surface area contributed by atoms with Crippen LogP contribution in [0.2, 0.25) is 0 Å². The zero-order valence-electron chi connectivity index (χ0n) is 14.1. The third kappa shape index (κ3) is 5.01. The van der Waals surface area contributed by atoms with Gasteiger partial charge in [-0.3, -0.25) is 14.5 Å². The van der Waals surface area contributed by atoms with Gasteiger partial charge in [0.05, 0.1) is 26.2 Å². The predicted octanol–water partition coefficient (Wildman–Crippen LogP) is 0.921. The Bertz CT molecular complexity index is 577. The Kier molecular flexibility index (Phi) is 6.28. The number of halogens is 1. The molecule has 1 unspecified atom stereocenters. The van der Waals surface area contributed by atoms with Gasteiger partial charge in [-0.05, 0) is 31.5 Å². The molecule has 0 radical (unpaired) electrons. The van der Waals surface area contributed by atoms with Gasteiger partial charge in [0.15, 0.2) is 0 Å². The van der Waals surface area contributed by atoms with E-state index >= 15 is 0 Å². The van der Waals surface area contributed by atoms with E-state index in [1.807, 2.05) is 13.8 Å². The second-order valence-electron chi connectivity index (χ2n) is 6.22. The maximum Gasteiger partial charge on any atom is 0.236 e. The van der Waals surface area contributed by atoms with Crippen molar-refractivity contribution in [1.29, 1.82) is 0 Å². The summed E-state index contributed by atoms with van der Waals surface area (Å²) in [5, 5.41) is 0. The quantitative estimate of drug-likeness (QED) is 0.838. The van der Waals surface area contributed by atoms with Gasteiger partial charge < -0.3 is 15.4 Å². The lowest BCUT2D eigenvalue weighted by Gasteiger charge is -2.35. The summed E-state index contributed by atoms with van der Waals surface area (Å²) in [6, 6.07) is 6.14. The molecule has 1 fully saturated rings. The lowest BCUT2D eigenvalue weighted by molar-refractivity contribution is -0.141. The lowest BCUT2D eigenvalue weighted by atomic mass is 10.1. The van der Waals surface area contributed by atoms with Crippen molar-refractivity contribution in [3.8, 4) is 0 Å². The molecule has 0 aromatic heterocycles. The average Bonchev–Trinajstić information content (AvgIpc) is 2.54. The molecule has 0 saturated carbocycles. The van der Waals surface area contributed by atoms with E-state index in [1.165, 1.54) is 12.1 Å². The van der Waals surface area contributed by atoms with Gasteiger partial charge >= 0.3 is 0 Å². The molecule has 0 aliphatic carbocycles. The van der Waals surface area contributed by atoms with Crippen molar-refractivity contribution < 1.29 is 18.7 Å². The number of morpholine rings is 1. The number of ether oxygens (including phenoxy) is 1. The van der Waals surface area contributed by atoms with Gasteiger partial charge in [-0.15, -0.1) is 0 Å². The molecule has 1 heterocycles. The number of hydrogen-bond acceptors (Lipinski definition) is 4. The highest BCUT2D eigenvalue weighted by Gasteiger charge is 2.27. The van der Waals surface area contributed by atoms with Gasteiger partial charge in [0.1, 0.15) is 11.9 Å². The van der Waals surface area contributed by atoms with Crippen LogP contribution >= 0.6 is 0 Å². The van der Waals surface area contributed by atoms with E-state index in [1.54, 1.807) is 21.9 Å². The number of nitrogens with two attached hydrogens (primary N) is 1. The zero-order valence-corrected chi connectivity index (χ0v) is 14.1. The normalized spacial score (nSPS) is 18.2. The molecule has 132 valence electrons. The Morgan fingerprint density at radius 1 is 1.33 bits per heavy atom. The van der Waals surface area contributed by atoms with E-state index in [9.17, 15) is 14.0 Å². The molecule has 1 aromatic rings. The minimum atomic E-state index is -0.456. The molecule has 2 N–H and O–H groups in total. The third-order valence-corrected chi connectivity index (χ3v) is 4.09. The number of carbonyl (C=O) groups excluding carboxylic acids is 2. The minimum Gasteiger partial charge on any atom is -0.370 e. The highest BCUT2D eigenvalue weighted by atomic mass is 19.1. The molecule has 6 nitrogen and oxygen atoms in total. The number of hydrogen-bond donors (Lipinski definition) is 1. The summed E-state index contributed by atoms with van der Waals surface area (Å²) < 4.78 is 18.7. The van der Waals surface area contributed by atoms with Crippen LogP contribution in [0, 0.1) is 5.82 Å². The van der Waals surface area contributed by atoms with E-state index in [-0.39, 0.29) is 37.0 Å². The first kappa shape index (κ1) is 18.4. The molecule has 2 amide bonds. The number of carbonyl (C=O) groups is 2. The highest BCUT2D eigenvalue weighted by molar-refractivity contribution is 5.80. The van der Waals surface area contributed by atoms with E-state index in [0.717, 1.165) is 5.56 Å². The summed E-state index contributed by atoms with van der Waals surface area (Å²) >= 11 is 0. The summed E-state index contributed by atoms with van der Waals surface area (Å²) in [6.45, 7) is 5.34. The first-order valence-corrected chi connectivity index (χ1v) is 8.04. The summed E-state index contributed by atoms with van der Waals surface area (Å²) in [6.07, 6.45) is -0.271. The van der Waals surface area contributed by atoms with Crippen molar-refractivity contribution in [2.75, 3.05) is 32.8 Å². The molecule has 0 bridgehead atoms. The van der Waals surface area contributed by atoms with E-state index in [4.69, 9.17) is 10.5 Å². The zero-order chi connectivity index (χ0) is 17.7. The molecule has 1 aromatic carbocycles. The fraction of sp³-hybridized carbons (Fsp3) is 0.529. The van der Waals surface area contributed by atoms with Crippen molar-refractivity contribution in [2.45, 2.75) is 26.0 Å². The Balaban J connectivity index is 1.98. The standard InChI is InChI=1S/C17H24FN3O3/c1-12(2)21(10-16(19)22)11-17(23)20-7-8-24-15(9-20)13-3-5-14(18)6-4-13/h3-6,12,15H,7-11H2,1-2H3,(H2,19,22). The van der Waals surface area contributed by atoms with Gasteiger partial charge in [0.25, 0.3) is 0 Å². The van der Waals surface area contributed by atoms with Crippen LogP contribution in [0.3, 0.4) is 0 Å². The van der Waals surface area contributed by atoms with E-state index in [0.29, 0.717) is 19.7 Å². The molecule has 2 rings (SSSR count). The van der Waals surface area contributed by atoms with E-state index in [2.05, 4.69) is 0 Å². The van der Waals surface area contributed by atoms with Crippen molar-refractivity contribution >= 4 is 11.8 Å².